The molecule has 1 aromatic heterocycles. The van der Waals surface area contributed by atoms with E-state index < -0.39 is 0 Å². The van der Waals surface area contributed by atoms with Crippen LogP contribution in [0.3, 0.4) is 0 Å². The molecule has 1 heterocycles. The summed E-state index contributed by atoms with van der Waals surface area (Å²) in [7, 11) is 0. The zero-order valence-corrected chi connectivity index (χ0v) is 14.6. The molecule has 1 N–H and O–H groups in total. The molecule has 0 fully saturated rings. The standard InChI is InChI=1S/C18H23BrN2/c1-4-7-20-18(17-6-5-16(19)12-21-17)11-15-9-13(2)8-14(3)10-15/h5-6,8-10,12,18,20H,4,7,11H2,1-3H3. The van der Waals surface area contributed by atoms with Crippen molar-refractivity contribution in [2.75, 3.05) is 6.54 Å². The predicted molar refractivity (Wildman–Crippen MR) is 92.6 cm³/mol. The van der Waals surface area contributed by atoms with Crippen molar-refractivity contribution >= 4 is 15.9 Å². The van der Waals surface area contributed by atoms with Crippen LogP contribution in [0.4, 0.5) is 0 Å². The number of nitrogens with one attached hydrogen (secondary N) is 1. The van der Waals surface area contributed by atoms with E-state index in [0.29, 0.717) is 0 Å². The Hall–Kier alpha value is -1.19. The van der Waals surface area contributed by atoms with Gasteiger partial charge in [-0.15, -0.1) is 0 Å². The van der Waals surface area contributed by atoms with E-state index >= 15 is 0 Å². The molecule has 112 valence electrons. The van der Waals surface area contributed by atoms with E-state index in [2.05, 4.69) is 77.3 Å². The molecular weight excluding hydrogens is 324 g/mol. The fourth-order valence-electron chi connectivity index (χ4n) is 2.62. The summed E-state index contributed by atoms with van der Waals surface area (Å²) in [6.45, 7) is 7.51. The molecule has 1 atom stereocenters. The lowest BCUT2D eigenvalue weighted by molar-refractivity contribution is 0.517. The van der Waals surface area contributed by atoms with Gasteiger partial charge < -0.3 is 5.32 Å². The van der Waals surface area contributed by atoms with Crippen LogP contribution in [0, 0.1) is 13.8 Å². The first-order chi connectivity index (χ1) is 10.1. The highest BCUT2D eigenvalue weighted by molar-refractivity contribution is 9.10. The highest BCUT2D eigenvalue weighted by Gasteiger charge is 2.13. The molecule has 1 unspecified atom stereocenters. The maximum atomic E-state index is 4.56. The van der Waals surface area contributed by atoms with Gasteiger partial charge in [0.25, 0.3) is 0 Å². The van der Waals surface area contributed by atoms with Crippen LogP contribution in [0.5, 0.6) is 0 Å². The van der Waals surface area contributed by atoms with Gasteiger partial charge in [-0.3, -0.25) is 4.98 Å². The monoisotopic (exact) mass is 346 g/mol. The van der Waals surface area contributed by atoms with Crippen molar-refractivity contribution in [3.8, 4) is 0 Å². The number of hydrogen-bond acceptors (Lipinski definition) is 2. The molecule has 0 amide bonds. The van der Waals surface area contributed by atoms with Crippen LogP contribution in [0.15, 0.2) is 41.0 Å². The Labute approximate surface area is 136 Å². The molecule has 0 radical (unpaired) electrons. The van der Waals surface area contributed by atoms with Gasteiger partial charge in [-0.1, -0.05) is 36.2 Å². The summed E-state index contributed by atoms with van der Waals surface area (Å²) < 4.78 is 1.02. The van der Waals surface area contributed by atoms with Crippen molar-refractivity contribution in [2.24, 2.45) is 0 Å². The molecule has 21 heavy (non-hydrogen) atoms. The number of pyridine rings is 1. The Morgan fingerprint density at radius 2 is 1.86 bits per heavy atom. The summed E-state index contributed by atoms with van der Waals surface area (Å²) in [6.07, 6.45) is 3.97. The summed E-state index contributed by atoms with van der Waals surface area (Å²) in [5.74, 6) is 0. The third-order valence-corrected chi connectivity index (χ3v) is 3.94. The average molecular weight is 347 g/mol. The van der Waals surface area contributed by atoms with Crippen molar-refractivity contribution < 1.29 is 0 Å². The Kier molecular flexibility index (Phi) is 5.95. The molecule has 0 aliphatic heterocycles. The summed E-state index contributed by atoms with van der Waals surface area (Å²) in [5, 5.41) is 3.61. The number of aromatic nitrogens is 1. The van der Waals surface area contributed by atoms with Gasteiger partial charge in [0.1, 0.15) is 0 Å². The molecular formula is C18H23BrN2. The van der Waals surface area contributed by atoms with Gasteiger partial charge in [0.15, 0.2) is 0 Å². The number of halogens is 1. The Morgan fingerprint density at radius 3 is 2.43 bits per heavy atom. The molecule has 0 saturated carbocycles. The first-order valence-corrected chi connectivity index (χ1v) is 8.30. The highest BCUT2D eigenvalue weighted by Crippen LogP contribution is 2.20. The quantitative estimate of drug-likeness (QED) is 0.816. The zero-order valence-electron chi connectivity index (χ0n) is 13.0. The number of rotatable bonds is 6. The largest absolute Gasteiger partial charge is 0.308 e. The molecule has 0 bridgehead atoms. The summed E-state index contributed by atoms with van der Waals surface area (Å²) in [4.78, 5) is 4.56. The normalized spacial score (nSPS) is 12.4. The van der Waals surface area contributed by atoms with Gasteiger partial charge in [0.05, 0.1) is 11.7 Å². The number of benzene rings is 1. The van der Waals surface area contributed by atoms with Crippen LogP contribution in [-0.4, -0.2) is 11.5 Å². The van der Waals surface area contributed by atoms with Crippen LogP contribution < -0.4 is 5.32 Å². The molecule has 0 saturated heterocycles. The van der Waals surface area contributed by atoms with E-state index in [4.69, 9.17) is 0 Å². The van der Waals surface area contributed by atoms with Crippen molar-refractivity contribution in [2.45, 2.75) is 39.7 Å². The summed E-state index contributed by atoms with van der Waals surface area (Å²) in [6, 6.07) is 11.2. The molecule has 0 aliphatic rings. The van der Waals surface area contributed by atoms with E-state index in [0.717, 1.165) is 29.6 Å². The van der Waals surface area contributed by atoms with Crippen molar-refractivity contribution in [1.82, 2.24) is 10.3 Å². The van der Waals surface area contributed by atoms with Gasteiger partial charge in [0, 0.05) is 10.7 Å². The van der Waals surface area contributed by atoms with Crippen LogP contribution in [0.25, 0.3) is 0 Å². The maximum absolute atomic E-state index is 4.56. The van der Waals surface area contributed by atoms with Gasteiger partial charge in [-0.25, -0.2) is 0 Å². The van der Waals surface area contributed by atoms with Crippen LogP contribution in [-0.2, 0) is 6.42 Å². The van der Waals surface area contributed by atoms with Gasteiger partial charge >= 0.3 is 0 Å². The van der Waals surface area contributed by atoms with E-state index in [-0.39, 0.29) is 6.04 Å². The van der Waals surface area contributed by atoms with E-state index in [9.17, 15) is 0 Å². The van der Waals surface area contributed by atoms with E-state index in [1.165, 1.54) is 16.7 Å². The SMILES string of the molecule is CCCNC(Cc1cc(C)cc(C)c1)c1ccc(Br)cn1. The second kappa shape index (κ2) is 7.71. The number of nitrogens with zero attached hydrogens (tertiary/aromatic N) is 1. The van der Waals surface area contributed by atoms with Crippen LogP contribution >= 0.6 is 15.9 Å². The molecule has 1 aromatic carbocycles. The van der Waals surface area contributed by atoms with E-state index in [1.54, 1.807) is 0 Å². The Balaban J connectivity index is 2.21. The van der Waals surface area contributed by atoms with Gasteiger partial charge in [-0.05, 0) is 66.9 Å². The fraction of sp³-hybridized carbons (Fsp3) is 0.389. The highest BCUT2D eigenvalue weighted by atomic mass is 79.9. The second-order valence-electron chi connectivity index (χ2n) is 5.61. The maximum Gasteiger partial charge on any atom is 0.0577 e. The fourth-order valence-corrected chi connectivity index (χ4v) is 2.85. The first-order valence-electron chi connectivity index (χ1n) is 7.50. The lowest BCUT2D eigenvalue weighted by atomic mass is 9.99. The topological polar surface area (TPSA) is 24.9 Å². The first kappa shape index (κ1) is 16.2. The Bertz CT molecular complexity index is 558. The van der Waals surface area contributed by atoms with Gasteiger partial charge in [-0.2, -0.15) is 0 Å². The molecule has 0 spiro atoms. The smallest absolute Gasteiger partial charge is 0.0577 e. The zero-order chi connectivity index (χ0) is 15.2. The minimum atomic E-state index is 0.263. The third-order valence-electron chi connectivity index (χ3n) is 3.47. The molecule has 3 heteroatoms. The minimum absolute atomic E-state index is 0.263. The summed E-state index contributed by atoms with van der Waals surface area (Å²) >= 11 is 3.45. The predicted octanol–water partition coefficient (Wildman–Crippen LogP) is 4.74. The van der Waals surface area contributed by atoms with Gasteiger partial charge in [0.2, 0.25) is 0 Å². The number of hydrogen-bond donors (Lipinski definition) is 1. The molecule has 0 aliphatic carbocycles. The van der Waals surface area contributed by atoms with Crippen molar-refractivity contribution in [3.05, 3.63) is 63.4 Å². The third kappa shape index (κ3) is 4.94. The summed E-state index contributed by atoms with van der Waals surface area (Å²) in [5.41, 5.74) is 5.11. The van der Waals surface area contributed by atoms with Crippen LogP contribution in [0.2, 0.25) is 0 Å². The molecule has 2 rings (SSSR count). The lowest BCUT2D eigenvalue weighted by Crippen LogP contribution is -2.25. The lowest BCUT2D eigenvalue weighted by Gasteiger charge is -2.19. The minimum Gasteiger partial charge on any atom is -0.308 e. The Morgan fingerprint density at radius 1 is 1.14 bits per heavy atom. The van der Waals surface area contributed by atoms with Crippen molar-refractivity contribution in [1.29, 1.82) is 0 Å². The van der Waals surface area contributed by atoms with E-state index in [1.807, 2.05) is 6.20 Å². The number of aryl methyl sites for hydroxylation is 2. The second-order valence-corrected chi connectivity index (χ2v) is 6.52. The van der Waals surface area contributed by atoms with Crippen molar-refractivity contribution in [3.63, 3.8) is 0 Å². The van der Waals surface area contributed by atoms with Crippen LogP contribution in [0.1, 0.15) is 41.8 Å². The average Bonchev–Trinajstić information content (AvgIpc) is 2.43. The molecule has 2 nitrogen and oxygen atoms in total. The molecule has 2 aromatic rings.